The molecule has 0 amide bonds. The molecule has 0 spiro atoms. The van der Waals surface area contributed by atoms with Crippen molar-refractivity contribution < 1.29 is 0 Å². The van der Waals surface area contributed by atoms with Crippen LogP contribution in [0.25, 0.3) is 75.2 Å². The van der Waals surface area contributed by atoms with Gasteiger partial charge in [-0.05, 0) is 96.0 Å². The number of anilines is 3. The van der Waals surface area contributed by atoms with Crippen LogP contribution >= 0.6 is 11.3 Å². The van der Waals surface area contributed by atoms with Gasteiger partial charge in [0.1, 0.15) is 0 Å². The summed E-state index contributed by atoms with van der Waals surface area (Å²) in [6, 6.07) is 61.4. The van der Waals surface area contributed by atoms with Gasteiger partial charge in [-0.3, -0.25) is 4.90 Å². The van der Waals surface area contributed by atoms with Crippen LogP contribution in [0.1, 0.15) is 0 Å². The van der Waals surface area contributed by atoms with Gasteiger partial charge in [0.05, 0.1) is 10.2 Å². The molecule has 0 radical (unpaired) electrons. The molecule has 0 N–H and O–H groups in total. The third-order valence-corrected chi connectivity index (χ3v) is 10.7. The molecule has 0 aliphatic carbocycles. The molecule has 10 aromatic rings. The molecule has 1 aromatic heterocycles. The minimum absolute atomic E-state index is 0.951. The summed E-state index contributed by atoms with van der Waals surface area (Å²) in [6.45, 7) is 0. The number of thiazole rings is 1. The lowest BCUT2D eigenvalue weighted by Crippen LogP contribution is -2.09. The van der Waals surface area contributed by atoms with E-state index in [0.717, 1.165) is 22.0 Å². The number of hydrogen-bond donors (Lipinski definition) is 0. The zero-order chi connectivity index (χ0) is 31.6. The smallest absolute Gasteiger partial charge is 0.195 e. The van der Waals surface area contributed by atoms with Gasteiger partial charge in [0, 0.05) is 16.8 Å². The van der Waals surface area contributed by atoms with Crippen LogP contribution in [-0.2, 0) is 0 Å². The van der Waals surface area contributed by atoms with Crippen LogP contribution in [0.3, 0.4) is 0 Å². The highest BCUT2D eigenvalue weighted by atomic mass is 32.1. The molecule has 0 saturated heterocycles. The largest absolute Gasteiger partial charge is 0.286 e. The molecule has 224 valence electrons. The summed E-state index contributed by atoms with van der Waals surface area (Å²) < 4.78 is 1.21. The first kappa shape index (κ1) is 27.1. The number of aromatic nitrogens is 1. The van der Waals surface area contributed by atoms with Crippen molar-refractivity contribution >= 4 is 91.9 Å². The molecule has 0 unspecified atom stereocenters. The minimum atomic E-state index is 0.951. The van der Waals surface area contributed by atoms with Gasteiger partial charge in [-0.25, -0.2) is 4.98 Å². The number of fused-ring (bicyclic) bond motifs is 10. The van der Waals surface area contributed by atoms with Crippen molar-refractivity contribution in [3.8, 4) is 11.1 Å². The van der Waals surface area contributed by atoms with Crippen LogP contribution in [0.5, 0.6) is 0 Å². The molecule has 1 heterocycles. The summed E-state index contributed by atoms with van der Waals surface area (Å²) in [5.41, 5.74) is 5.62. The van der Waals surface area contributed by atoms with E-state index in [1.165, 1.54) is 69.7 Å². The Labute approximate surface area is 281 Å². The Hall–Kier alpha value is -6.03. The number of para-hydroxylation sites is 1. The Morgan fingerprint density at radius 3 is 1.81 bits per heavy atom. The van der Waals surface area contributed by atoms with Crippen LogP contribution in [0.15, 0.2) is 170 Å². The maximum absolute atomic E-state index is 5.25. The van der Waals surface area contributed by atoms with Gasteiger partial charge in [0.2, 0.25) is 0 Å². The zero-order valence-electron chi connectivity index (χ0n) is 26.0. The van der Waals surface area contributed by atoms with Crippen molar-refractivity contribution in [3.63, 3.8) is 0 Å². The first-order chi connectivity index (χ1) is 23.8. The highest BCUT2D eigenvalue weighted by Gasteiger charge is 2.19. The Bertz CT molecular complexity index is 2830. The predicted octanol–water partition coefficient (Wildman–Crippen LogP) is 13.2. The molecule has 0 saturated carbocycles. The molecular formula is C45H28N2S. The number of benzene rings is 9. The highest BCUT2D eigenvalue weighted by Crippen LogP contribution is 2.44. The SMILES string of the molecule is c1ccc(N(c2ccc(-c3cc4c5ccccc5ccc4c4ccccc34)cc2)c2nc3ccc4ccc5ccccc5c4c3s2)cc1. The first-order valence-electron chi connectivity index (χ1n) is 16.3. The summed E-state index contributed by atoms with van der Waals surface area (Å²) in [7, 11) is 0. The first-order valence-corrected chi connectivity index (χ1v) is 17.1. The lowest BCUT2D eigenvalue weighted by Gasteiger charge is -2.22. The van der Waals surface area contributed by atoms with Crippen molar-refractivity contribution in [1.82, 2.24) is 4.98 Å². The average Bonchev–Trinajstić information content (AvgIpc) is 3.59. The molecule has 10 rings (SSSR count). The summed E-state index contributed by atoms with van der Waals surface area (Å²) in [5, 5.41) is 13.6. The zero-order valence-corrected chi connectivity index (χ0v) is 26.8. The van der Waals surface area contributed by atoms with Crippen LogP contribution in [0.2, 0.25) is 0 Å². The Morgan fingerprint density at radius 1 is 0.417 bits per heavy atom. The van der Waals surface area contributed by atoms with E-state index >= 15 is 0 Å². The van der Waals surface area contributed by atoms with Crippen LogP contribution in [0, 0.1) is 0 Å². The van der Waals surface area contributed by atoms with Crippen molar-refractivity contribution in [2.24, 2.45) is 0 Å². The van der Waals surface area contributed by atoms with E-state index in [9.17, 15) is 0 Å². The van der Waals surface area contributed by atoms with Crippen molar-refractivity contribution in [2.75, 3.05) is 4.90 Å². The van der Waals surface area contributed by atoms with E-state index in [4.69, 9.17) is 4.98 Å². The fourth-order valence-electron chi connectivity index (χ4n) is 7.39. The Morgan fingerprint density at radius 2 is 1.00 bits per heavy atom. The van der Waals surface area contributed by atoms with Crippen LogP contribution in [0.4, 0.5) is 16.5 Å². The minimum Gasteiger partial charge on any atom is -0.286 e. The van der Waals surface area contributed by atoms with E-state index in [0.29, 0.717) is 0 Å². The molecule has 0 aliphatic rings. The predicted molar refractivity (Wildman–Crippen MR) is 207 cm³/mol. The quantitative estimate of drug-likeness (QED) is 0.180. The molecule has 9 aromatic carbocycles. The highest BCUT2D eigenvalue weighted by molar-refractivity contribution is 7.23. The van der Waals surface area contributed by atoms with Gasteiger partial charge in [0.15, 0.2) is 5.13 Å². The molecule has 2 nitrogen and oxygen atoms in total. The van der Waals surface area contributed by atoms with Gasteiger partial charge in [-0.2, -0.15) is 0 Å². The van der Waals surface area contributed by atoms with E-state index in [2.05, 4.69) is 175 Å². The molecule has 0 aliphatic heterocycles. The molecule has 0 atom stereocenters. The monoisotopic (exact) mass is 628 g/mol. The van der Waals surface area contributed by atoms with Gasteiger partial charge >= 0.3 is 0 Å². The second-order valence-corrected chi connectivity index (χ2v) is 13.3. The fourth-order valence-corrected chi connectivity index (χ4v) is 8.57. The third-order valence-electron chi connectivity index (χ3n) is 9.66. The topological polar surface area (TPSA) is 16.1 Å². The number of rotatable bonds is 4. The van der Waals surface area contributed by atoms with E-state index in [1.807, 2.05) is 0 Å². The van der Waals surface area contributed by atoms with Crippen molar-refractivity contribution in [3.05, 3.63) is 170 Å². The maximum atomic E-state index is 5.25. The number of hydrogen-bond acceptors (Lipinski definition) is 3. The van der Waals surface area contributed by atoms with Crippen LogP contribution < -0.4 is 4.90 Å². The third kappa shape index (κ3) is 4.22. The average molecular weight is 629 g/mol. The van der Waals surface area contributed by atoms with Crippen molar-refractivity contribution in [2.45, 2.75) is 0 Å². The van der Waals surface area contributed by atoms with Crippen molar-refractivity contribution in [1.29, 1.82) is 0 Å². The molecular weight excluding hydrogens is 601 g/mol. The van der Waals surface area contributed by atoms with Crippen LogP contribution in [-0.4, -0.2) is 4.98 Å². The van der Waals surface area contributed by atoms with Gasteiger partial charge in [-0.1, -0.05) is 145 Å². The fraction of sp³-hybridized carbons (Fsp3) is 0. The molecule has 0 fully saturated rings. The molecule has 48 heavy (non-hydrogen) atoms. The van der Waals surface area contributed by atoms with Gasteiger partial charge < -0.3 is 0 Å². The second kappa shape index (κ2) is 10.8. The van der Waals surface area contributed by atoms with E-state index in [-0.39, 0.29) is 0 Å². The molecule has 3 heteroatoms. The van der Waals surface area contributed by atoms with Gasteiger partial charge in [-0.15, -0.1) is 0 Å². The van der Waals surface area contributed by atoms with E-state index in [1.54, 1.807) is 11.3 Å². The Kier molecular flexibility index (Phi) is 6.08. The summed E-state index contributed by atoms with van der Waals surface area (Å²) in [4.78, 5) is 7.54. The van der Waals surface area contributed by atoms with Gasteiger partial charge in [0.25, 0.3) is 0 Å². The summed E-state index contributed by atoms with van der Waals surface area (Å²) in [6.07, 6.45) is 0. The standard InChI is InChI=1S/C45H28N2S/c1-2-12-33(13-3-1)47(45-46-42-27-23-32-19-18-30-11-5-7-15-36(30)43(32)44(42)48-45)34-24-20-31(21-25-34)40-28-41-35-14-6-4-10-29(35)22-26-39(41)37-16-8-9-17-38(37)40/h1-28H. The lowest BCUT2D eigenvalue weighted by atomic mass is 9.91. The lowest BCUT2D eigenvalue weighted by molar-refractivity contribution is 1.25. The maximum Gasteiger partial charge on any atom is 0.195 e. The summed E-state index contributed by atoms with van der Waals surface area (Å²) in [5.74, 6) is 0. The second-order valence-electron chi connectivity index (χ2n) is 12.4. The Balaban J connectivity index is 1.15. The summed E-state index contributed by atoms with van der Waals surface area (Å²) >= 11 is 1.76. The number of nitrogens with zero attached hydrogens (tertiary/aromatic N) is 2. The normalized spacial score (nSPS) is 11.8. The molecule has 0 bridgehead atoms. The van der Waals surface area contributed by atoms with E-state index < -0.39 is 0 Å².